The van der Waals surface area contributed by atoms with E-state index in [4.69, 9.17) is 9.47 Å². The first-order valence-electron chi connectivity index (χ1n) is 14.3. The molecule has 1 aromatic heterocycles. The van der Waals surface area contributed by atoms with Crippen LogP contribution in [-0.2, 0) is 35.1 Å². The molecule has 0 bridgehead atoms. The molecule has 2 aliphatic heterocycles. The molecule has 0 unspecified atom stereocenters. The Kier molecular flexibility index (Phi) is 10.1. The summed E-state index contributed by atoms with van der Waals surface area (Å²) in [4.78, 5) is 69.5. The number of pyridine rings is 1. The molecule has 224 valence electrons. The lowest BCUT2D eigenvalue weighted by molar-refractivity contribution is -0.134. The zero-order valence-electron chi connectivity index (χ0n) is 24.0. The number of nitrogens with zero attached hydrogens (tertiary/aromatic N) is 1. The maximum absolute atomic E-state index is 13.7. The largest absolute Gasteiger partial charge is 0.379 e. The van der Waals surface area contributed by atoms with E-state index in [1.54, 1.807) is 26.8 Å². The van der Waals surface area contributed by atoms with Crippen molar-refractivity contribution in [1.29, 1.82) is 0 Å². The quantitative estimate of drug-likeness (QED) is 0.188. The van der Waals surface area contributed by atoms with E-state index in [9.17, 15) is 24.0 Å². The Morgan fingerprint density at radius 1 is 1.07 bits per heavy atom. The van der Waals surface area contributed by atoms with E-state index >= 15 is 0 Å². The number of aromatic nitrogens is 1. The minimum atomic E-state index is -1.10. The SMILES string of the molecule is Cc1c(C[C@H](NC(=O)[C@H](C)NC(=O)CN2CCOCC2)C(=O)N[C@@H](CC2=CCCC2)C(=O)[C@@]2(C)CO2)cc[nH]c1=O. The second-order valence-electron chi connectivity index (χ2n) is 11.3. The Morgan fingerprint density at radius 2 is 1.78 bits per heavy atom. The van der Waals surface area contributed by atoms with Crippen LogP contribution in [0, 0.1) is 6.92 Å². The van der Waals surface area contributed by atoms with Crippen molar-refractivity contribution < 1.29 is 28.7 Å². The topological polar surface area (TPSA) is 162 Å². The number of ketones is 1. The van der Waals surface area contributed by atoms with Crippen LogP contribution in [0.4, 0.5) is 0 Å². The molecular formula is C29H41N5O7. The molecule has 12 nitrogen and oxygen atoms in total. The number of carbonyl (C=O) groups is 4. The van der Waals surface area contributed by atoms with Crippen LogP contribution >= 0.6 is 0 Å². The van der Waals surface area contributed by atoms with Gasteiger partial charge in [0.15, 0.2) is 5.78 Å². The molecule has 12 heteroatoms. The van der Waals surface area contributed by atoms with Gasteiger partial charge < -0.3 is 30.4 Å². The lowest BCUT2D eigenvalue weighted by atomic mass is 9.93. The van der Waals surface area contributed by atoms with Crippen LogP contribution in [0.15, 0.2) is 28.7 Å². The average molecular weight is 572 g/mol. The molecule has 1 aromatic rings. The van der Waals surface area contributed by atoms with Crippen molar-refractivity contribution in [2.45, 2.75) is 76.6 Å². The zero-order chi connectivity index (χ0) is 29.6. The monoisotopic (exact) mass is 571 g/mol. The fraction of sp³-hybridized carbons (Fsp3) is 0.621. The fourth-order valence-electron chi connectivity index (χ4n) is 5.14. The number of ether oxygens (including phenoxy) is 2. The molecule has 3 amide bonds. The van der Waals surface area contributed by atoms with Crippen LogP contribution in [0.1, 0.15) is 50.7 Å². The number of hydrogen-bond acceptors (Lipinski definition) is 8. The average Bonchev–Trinajstić information content (AvgIpc) is 3.48. The predicted molar refractivity (Wildman–Crippen MR) is 150 cm³/mol. The van der Waals surface area contributed by atoms with Crippen molar-refractivity contribution in [3.05, 3.63) is 45.4 Å². The van der Waals surface area contributed by atoms with Gasteiger partial charge in [-0.25, -0.2) is 0 Å². The predicted octanol–water partition coefficient (Wildman–Crippen LogP) is -0.109. The highest BCUT2D eigenvalue weighted by molar-refractivity contribution is 5.98. The second kappa shape index (κ2) is 13.5. The van der Waals surface area contributed by atoms with Crippen molar-refractivity contribution >= 4 is 23.5 Å². The van der Waals surface area contributed by atoms with Gasteiger partial charge in [0.1, 0.15) is 17.7 Å². The second-order valence-corrected chi connectivity index (χ2v) is 11.3. The number of morpholine rings is 1. The van der Waals surface area contributed by atoms with Crippen LogP contribution in [0.3, 0.4) is 0 Å². The van der Waals surface area contributed by atoms with Gasteiger partial charge in [-0.1, -0.05) is 11.6 Å². The van der Waals surface area contributed by atoms with Gasteiger partial charge in [-0.2, -0.15) is 0 Å². The van der Waals surface area contributed by atoms with Gasteiger partial charge in [-0.3, -0.25) is 28.9 Å². The third-order valence-corrected chi connectivity index (χ3v) is 7.95. The molecule has 2 saturated heterocycles. The zero-order valence-corrected chi connectivity index (χ0v) is 24.0. The maximum atomic E-state index is 13.7. The summed E-state index contributed by atoms with van der Waals surface area (Å²) in [6, 6.07) is -1.15. The Hall–Kier alpha value is -3.35. The lowest BCUT2D eigenvalue weighted by Crippen LogP contribution is -2.57. The minimum absolute atomic E-state index is 0.0269. The third kappa shape index (κ3) is 8.34. The summed E-state index contributed by atoms with van der Waals surface area (Å²) in [6.45, 7) is 7.69. The van der Waals surface area contributed by atoms with E-state index in [1.807, 2.05) is 4.90 Å². The van der Waals surface area contributed by atoms with E-state index in [2.05, 4.69) is 27.0 Å². The van der Waals surface area contributed by atoms with Crippen LogP contribution in [-0.4, -0.2) is 96.6 Å². The van der Waals surface area contributed by atoms with Crippen LogP contribution in [0.5, 0.6) is 0 Å². The maximum Gasteiger partial charge on any atom is 0.251 e. The molecule has 4 rings (SSSR count). The van der Waals surface area contributed by atoms with E-state index < -0.39 is 35.5 Å². The summed E-state index contributed by atoms with van der Waals surface area (Å²) in [5, 5.41) is 8.31. The Labute approximate surface area is 239 Å². The number of allylic oxidation sites excluding steroid dienone is 1. The summed E-state index contributed by atoms with van der Waals surface area (Å²) in [6.07, 6.45) is 6.80. The van der Waals surface area contributed by atoms with Crippen molar-refractivity contribution in [1.82, 2.24) is 25.8 Å². The number of aromatic amines is 1. The van der Waals surface area contributed by atoms with Crippen LogP contribution in [0.2, 0.25) is 0 Å². The van der Waals surface area contributed by atoms with Crippen molar-refractivity contribution in [2.24, 2.45) is 0 Å². The minimum Gasteiger partial charge on any atom is -0.379 e. The molecular weight excluding hydrogens is 530 g/mol. The number of epoxide rings is 1. The molecule has 4 atom stereocenters. The summed E-state index contributed by atoms with van der Waals surface area (Å²) >= 11 is 0. The van der Waals surface area contributed by atoms with Gasteiger partial charge >= 0.3 is 0 Å². The Bertz CT molecular complexity index is 1230. The number of amides is 3. The van der Waals surface area contributed by atoms with Crippen LogP contribution < -0.4 is 21.5 Å². The number of carbonyl (C=O) groups excluding carboxylic acids is 4. The molecule has 0 aromatic carbocycles. The first-order valence-corrected chi connectivity index (χ1v) is 14.3. The summed E-state index contributed by atoms with van der Waals surface area (Å²) in [5.41, 5.74) is 0.886. The molecule has 0 radical (unpaired) electrons. The molecule has 4 N–H and O–H groups in total. The smallest absolute Gasteiger partial charge is 0.251 e. The van der Waals surface area contributed by atoms with Gasteiger partial charge in [0, 0.05) is 31.3 Å². The van der Waals surface area contributed by atoms with Gasteiger partial charge in [-0.15, -0.1) is 0 Å². The number of Topliss-reactive ketones (excluding diaryl/α,β-unsaturated/α-hetero) is 1. The number of rotatable bonds is 13. The highest BCUT2D eigenvalue weighted by Gasteiger charge is 2.50. The van der Waals surface area contributed by atoms with Crippen molar-refractivity contribution in [3.8, 4) is 0 Å². The Morgan fingerprint density at radius 3 is 2.44 bits per heavy atom. The molecule has 0 saturated carbocycles. The van der Waals surface area contributed by atoms with E-state index in [-0.39, 0.29) is 30.2 Å². The van der Waals surface area contributed by atoms with Gasteiger partial charge in [0.2, 0.25) is 17.7 Å². The molecule has 1 aliphatic carbocycles. The van der Waals surface area contributed by atoms with E-state index in [1.165, 1.54) is 6.20 Å². The van der Waals surface area contributed by atoms with Gasteiger partial charge in [0.05, 0.1) is 32.4 Å². The standard InChI is InChI=1S/C29H41N5O7/c1-18-21(8-9-30-26(18)37)15-23(33-27(38)19(2)31-24(35)16-34-10-12-40-13-11-34)28(39)32-22(14-20-6-4-5-7-20)25(36)29(3)17-41-29/h6,8-9,19,22-23H,4-5,7,10-17H2,1-3H3,(H,30,37)(H,31,35)(H,32,39)(H,33,38)/t19-,22-,23-,29+/m0/s1. The summed E-state index contributed by atoms with van der Waals surface area (Å²) < 4.78 is 10.7. The first-order chi connectivity index (χ1) is 19.6. The number of nitrogens with one attached hydrogen (secondary N) is 4. The molecule has 3 aliphatic rings. The van der Waals surface area contributed by atoms with Crippen molar-refractivity contribution in [2.75, 3.05) is 39.5 Å². The molecule has 3 heterocycles. The molecule has 0 spiro atoms. The van der Waals surface area contributed by atoms with E-state index in [0.29, 0.717) is 50.5 Å². The summed E-state index contributed by atoms with van der Waals surface area (Å²) in [5.74, 6) is -1.62. The Balaban J connectivity index is 1.47. The highest BCUT2D eigenvalue weighted by atomic mass is 16.6. The highest BCUT2D eigenvalue weighted by Crippen LogP contribution is 2.31. The molecule has 41 heavy (non-hydrogen) atoms. The fourth-order valence-corrected chi connectivity index (χ4v) is 5.14. The number of hydrogen-bond donors (Lipinski definition) is 4. The van der Waals surface area contributed by atoms with E-state index in [0.717, 1.165) is 24.8 Å². The van der Waals surface area contributed by atoms with Gasteiger partial charge in [0.25, 0.3) is 5.56 Å². The normalized spacial score (nSPS) is 22.7. The number of H-pyrrole nitrogens is 1. The van der Waals surface area contributed by atoms with Crippen molar-refractivity contribution in [3.63, 3.8) is 0 Å². The summed E-state index contributed by atoms with van der Waals surface area (Å²) in [7, 11) is 0. The molecule has 2 fully saturated rings. The third-order valence-electron chi connectivity index (χ3n) is 7.95. The van der Waals surface area contributed by atoms with Gasteiger partial charge in [-0.05, 0) is 58.1 Å². The first kappa shape index (κ1) is 30.6. The lowest BCUT2D eigenvalue weighted by Gasteiger charge is -2.27. The van der Waals surface area contributed by atoms with Crippen LogP contribution in [0.25, 0.3) is 0 Å².